The van der Waals surface area contributed by atoms with Crippen molar-refractivity contribution in [2.45, 2.75) is 37.7 Å². The average molecular weight is 313 g/mol. The van der Waals surface area contributed by atoms with Gasteiger partial charge in [0, 0.05) is 12.6 Å². The van der Waals surface area contributed by atoms with Gasteiger partial charge in [-0.15, -0.1) is 0 Å². The van der Waals surface area contributed by atoms with Gasteiger partial charge in [0.1, 0.15) is 5.75 Å². The molecule has 0 unspecified atom stereocenters. The maximum Gasteiger partial charge on any atom is 0.319 e. The molecule has 3 N–H and O–H groups in total. The Bertz CT molecular complexity index is 502. The summed E-state index contributed by atoms with van der Waals surface area (Å²) in [6.45, 7) is 0.250. The molecule has 0 radical (unpaired) electrons. The summed E-state index contributed by atoms with van der Waals surface area (Å²) in [4.78, 5) is 11.9. The molecule has 1 aliphatic rings. The van der Waals surface area contributed by atoms with Crippen molar-refractivity contribution in [3.05, 3.63) is 23.2 Å². The van der Waals surface area contributed by atoms with Gasteiger partial charge < -0.3 is 20.5 Å². The summed E-state index contributed by atoms with van der Waals surface area (Å²) in [5, 5.41) is 16.1. The molecule has 5 nitrogen and oxygen atoms in total. The molecule has 1 fully saturated rings. The third-order valence-electron chi connectivity index (χ3n) is 3.78. The molecule has 0 spiro atoms. The highest BCUT2D eigenvalue weighted by Crippen LogP contribution is 2.28. The lowest BCUT2D eigenvalue weighted by Crippen LogP contribution is -2.45. The minimum atomic E-state index is -0.784. The number of aliphatic hydroxyl groups is 1. The van der Waals surface area contributed by atoms with Gasteiger partial charge in [-0.2, -0.15) is 0 Å². The van der Waals surface area contributed by atoms with E-state index in [1.807, 2.05) is 0 Å². The molecule has 2 amide bonds. The van der Waals surface area contributed by atoms with Crippen LogP contribution in [0.15, 0.2) is 18.2 Å². The fourth-order valence-electron chi connectivity index (χ4n) is 2.53. The van der Waals surface area contributed by atoms with Gasteiger partial charge in [-0.1, -0.05) is 30.9 Å². The average Bonchev–Trinajstić information content (AvgIpc) is 2.48. The number of hydrogen-bond acceptors (Lipinski definition) is 3. The standard InChI is InChI=1S/C15H21ClN2O3/c1-21-11-5-6-12(16)13(9-11)18-14(19)17-10-15(20)7-3-2-4-8-15/h5-6,9,20H,2-4,7-8,10H2,1H3,(H2,17,18,19). The molecule has 0 aromatic heterocycles. The summed E-state index contributed by atoms with van der Waals surface area (Å²) in [5.74, 6) is 0.612. The molecule has 0 atom stereocenters. The number of carbonyl (C=O) groups excluding carboxylic acids is 1. The summed E-state index contributed by atoms with van der Waals surface area (Å²) in [6, 6.07) is 4.64. The Kier molecular flexibility index (Phi) is 5.31. The van der Waals surface area contributed by atoms with Crippen molar-refractivity contribution in [1.29, 1.82) is 0 Å². The fraction of sp³-hybridized carbons (Fsp3) is 0.533. The van der Waals surface area contributed by atoms with E-state index in [2.05, 4.69) is 10.6 Å². The first kappa shape index (κ1) is 15.9. The molecule has 1 aliphatic carbocycles. The number of urea groups is 1. The van der Waals surface area contributed by atoms with Crippen molar-refractivity contribution < 1.29 is 14.6 Å². The van der Waals surface area contributed by atoms with Gasteiger partial charge in [0.2, 0.25) is 0 Å². The molecule has 1 aromatic carbocycles. The van der Waals surface area contributed by atoms with E-state index in [0.717, 1.165) is 32.1 Å². The Morgan fingerprint density at radius 3 is 2.76 bits per heavy atom. The number of amides is 2. The number of carbonyl (C=O) groups is 1. The van der Waals surface area contributed by atoms with Crippen molar-refractivity contribution in [2.75, 3.05) is 19.0 Å². The van der Waals surface area contributed by atoms with E-state index >= 15 is 0 Å². The molecule has 1 saturated carbocycles. The van der Waals surface area contributed by atoms with E-state index in [4.69, 9.17) is 16.3 Å². The van der Waals surface area contributed by atoms with Crippen LogP contribution in [0.1, 0.15) is 32.1 Å². The number of hydrogen-bond donors (Lipinski definition) is 3. The molecule has 6 heteroatoms. The van der Waals surface area contributed by atoms with Crippen molar-refractivity contribution in [3.8, 4) is 5.75 Å². The van der Waals surface area contributed by atoms with E-state index in [1.165, 1.54) is 0 Å². The number of nitrogens with one attached hydrogen (secondary N) is 2. The Morgan fingerprint density at radius 1 is 1.38 bits per heavy atom. The first-order valence-corrected chi connectivity index (χ1v) is 7.51. The van der Waals surface area contributed by atoms with Gasteiger partial charge >= 0.3 is 6.03 Å². The lowest BCUT2D eigenvalue weighted by molar-refractivity contribution is 0.00755. The van der Waals surface area contributed by atoms with Crippen LogP contribution in [0, 0.1) is 0 Å². The maximum atomic E-state index is 11.9. The van der Waals surface area contributed by atoms with Crippen molar-refractivity contribution in [2.24, 2.45) is 0 Å². The molecule has 21 heavy (non-hydrogen) atoms. The zero-order valence-corrected chi connectivity index (χ0v) is 12.9. The van der Waals surface area contributed by atoms with Crippen LogP contribution in [0.2, 0.25) is 5.02 Å². The predicted octanol–water partition coefficient (Wildman–Crippen LogP) is 3.17. The van der Waals surface area contributed by atoms with E-state index in [9.17, 15) is 9.90 Å². The summed E-state index contributed by atoms with van der Waals surface area (Å²) in [7, 11) is 1.55. The van der Waals surface area contributed by atoms with Gasteiger partial charge in [0.25, 0.3) is 0 Å². The van der Waals surface area contributed by atoms with Gasteiger partial charge in [-0.05, 0) is 25.0 Å². The lowest BCUT2D eigenvalue weighted by Gasteiger charge is -2.32. The second-order valence-electron chi connectivity index (χ2n) is 5.44. The van der Waals surface area contributed by atoms with Crippen LogP contribution in [0.3, 0.4) is 0 Å². The molecular weight excluding hydrogens is 292 g/mol. The smallest absolute Gasteiger partial charge is 0.319 e. The van der Waals surface area contributed by atoms with Crippen LogP contribution in [0.5, 0.6) is 5.75 Å². The number of benzene rings is 1. The second kappa shape index (κ2) is 7.00. The minimum absolute atomic E-state index is 0.250. The summed E-state index contributed by atoms with van der Waals surface area (Å²) in [6.07, 6.45) is 4.61. The molecule has 0 aliphatic heterocycles. The molecule has 0 saturated heterocycles. The first-order chi connectivity index (χ1) is 10.0. The monoisotopic (exact) mass is 312 g/mol. The Labute approximate surface area is 129 Å². The number of halogens is 1. The van der Waals surface area contributed by atoms with E-state index < -0.39 is 5.60 Å². The first-order valence-electron chi connectivity index (χ1n) is 7.13. The molecule has 116 valence electrons. The van der Waals surface area contributed by atoms with Crippen LogP contribution < -0.4 is 15.4 Å². The Balaban J connectivity index is 1.89. The SMILES string of the molecule is COc1ccc(Cl)c(NC(=O)NCC2(O)CCCCC2)c1. The highest BCUT2D eigenvalue weighted by molar-refractivity contribution is 6.33. The van der Waals surface area contributed by atoms with Gasteiger partial charge in [-0.25, -0.2) is 4.79 Å². The third-order valence-corrected chi connectivity index (χ3v) is 4.11. The number of anilines is 1. The fourth-order valence-corrected chi connectivity index (χ4v) is 2.69. The topological polar surface area (TPSA) is 70.6 Å². The zero-order chi connectivity index (χ0) is 15.3. The molecule has 0 bridgehead atoms. The molecule has 0 heterocycles. The largest absolute Gasteiger partial charge is 0.497 e. The van der Waals surface area contributed by atoms with E-state index in [-0.39, 0.29) is 12.6 Å². The summed E-state index contributed by atoms with van der Waals surface area (Å²) < 4.78 is 5.09. The van der Waals surface area contributed by atoms with Crippen LogP contribution in [0.25, 0.3) is 0 Å². The molecule has 2 rings (SSSR count). The normalized spacial score (nSPS) is 17.1. The summed E-state index contributed by atoms with van der Waals surface area (Å²) in [5.41, 5.74) is -0.308. The van der Waals surface area contributed by atoms with E-state index in [1.54, 1.807) is 25.3 Å². The van der Waals surface area contributed by atoms with Crippen LogP contribution in [-0.2, 0) is 0 Å². The third kappa shape index (κ3) is 4.51. The van der Waals surface area contributed by atoms with Crippen molar-refractivity contribution in [1.82, 2.24) is 5.32 Å². The Morgan fingerprint density at radius 2 is 2.10 bits per heavy atom. The van der Waals surface area contributed by atoms with E-state index in [0.29, 0.717) is 16.5 Å². The number of methoxy groups -OCH3 is 1. The van der Waals surface area contributed by atoms with Gasteiger partial charge in [0.05, 0.1) is 23.4 Å². The van der Waals surface area contributed by atoms with Gasteiger partial charge in [-0.3, -0.25) is 0 Å². The van der Waals surface area contributed by atoms with Crippen molar-refractivity contribution in [3.63, 3.8) is 0 Å². The van der Waals surface area contributed by atoms with Gasteiger partial charge in [0.15, 0.2) is 0 Å². The molecule has 1 aromatic rings. The highest BCUT2D eigenvalue weighted by Gasteiger charge is 2.29. The van der Waals surface area contributed by atoms with Crippen LogP contribution in [-0.4, -0.2) is 30.4 Å². The number of ether oxygens (including phenoxy) is 1. The predicted molar refractivity (Wildman–Crippen MR) is 83.1 cm³/mol. The zero-order valence-electron chi connectivity index (χ0n) is 12.1. The minimum Gasteiger partial charge on any atom is -0.497 e. The summed E-state index contributed by atoms with van der Waals surface area (Å²) >= 11 is 6.03. The highest BCUT2D eigenvalue weighted by atomic mass is 35.5. The quantitative estimate of drug-likeness (QED) is 0.799. The second-order valence-corrected chi connectivity index (χ2v) is 5.85. The lowest BCUT2D eigenvalue weighted by atomic mass is 9.85. The molecular formula is C15H21ClN2O3. The van der Waals surface area contributed by atoms with Crippen LogP contribution >= 0.6 is 11.6 Å². The number of rotatable bonds is 4. The van der Waals surface area contributed by atoms with Crippen LogP contribution in [0.4, 0.5) is 10.5 Å². The van der Waals surface area contributed by atoms with Crippen molar-refractivity contribution >= 4 is 23.3 Å². The maximum absolute atomic E-state index is 11.9. The Hall–Kier alpha value is -1.46.